The lowest BCUT2D eigenvalue weighted by atomic mass is 10.1. The van der Waals surface area contributed by atoms with Gasteiger partial charge in [0, 0.05) is 43.9 Å². The van der Waals surface area contributed by atoms with Gasteiger partial charge in [0.15, 0.2) is 0 Å². The first-order valence-electron chi connectivity index (χ1n) is 10.5. The van der Waals surface area contributed by atoms with Gasteiger partial charge in [0.25, 0.3) is 5.91 Å². The van der Waals surface area contributed by atoms with Crippen molar-refractivity contribution in [3.05, 3.63) is 52.2 Å². The Labute approximate surface area is 188 Å². The molecule has 0 saturated carbocycles. The minimum absolute atomic E-state index is 0.0920. The minimum atomic E-state index is -3.45. The molecule has 0 unspecified atom stereocenters. The fraction of sp³-hybridized carbons (Fsp3) is 0.455. The van der Waals surface area contributed by atoms with E-state index in [4.69, 9.17) is 11.6 Å². The first-order valence-corrected chi connectivity index (χ1v) is 12.5. The van der Waals surface area contributed by atoms with Crippen LogP contribution in [-0.2, 0) is 10.0 Å². The Bertz CT molecular complexity index is 1100. The summed E-state index contributed by atoms with van der Waals surface area (Å²) in [4.78, 5) is 21.9. The van der Waals surface area contributed by atoms with Crippen LogP contribution in [0.3, 0.4) is 0 Å². The highest BCUT2D eigenvalue weighted by Gasteiger charge is 2.32. The molecule has 166 valence electrons. The smallest absolute Gasteiger partial charge is 0.256 e. The number of nitrogens with zero attached hydrogens (tertiary/aromatic N) is 4. The molecular formula is C22H27ClN4O3S. The van der Waals surface area contributed by atoms with Crippen molar-refractivity contribution in [1.82, 2.24) is 9.88 Å². The van der Waals surface area contributed by atoms with E-state index < -0.39 is 10.0 Å². The van der Waals surface area contributed by atoms with Crippen LogP contribution in [-0.4, -0.2) is 62.7 Å². The number of carbonyl (C=O) groups excluding carboxylic acids is 1. The maximum Gasteiger partial charge on any atom is 0.256 e. The number of hydrogen-bond acceptors (Lipinski definition) is 5. The number of piperazine rings is 1. The maximum atomic E-state index is 13.4. The first kappa shape index (κ1) is 21.9. The second-order valence-electron chi connectivity index (χ2n) is 8.19. The van der Waals surface area contributed by atoms with Crippen molar-refractivity contribution < 1.29 is 13.2 Å². The first-order chi connectivity index (χ1) is 14.8. The Morgan fingerprint density at radius 2 is 1.77 bits per heavy atom. The quantitative estimate of drug-likeness (QED) is 0.700. The molecule has 9 heteroatoms. The molecule has 0 atom stereocenters. The second kappa shape index (κ2) is 8.67. The van der Waals surface area contributed by atoms with E-state index in [0.29, 0.717) is 55.4 Å². The molecule has 2 saturated heterocycles. The van der Waals surface area contributed by atoms with E-state index in [1.165, 1.54) is 4.31 Å². The fourth-order valence-corrected chi connectivity index (χ4v) is 6.10. The van der Waals surface area contributed by atoms with Crippen LogP contribution in [0.5, 0.6) is 0 Å². The van der Waals surface area contributed by atoms with Crippen LogP contribution in [0.2, 0.25) is 5.02 Å². The molecular weight excluding hydrogens is 436 g/mol. The Kier molecular flexibility index (Phi) is 6.12. The van der Waals surface area contributed by atoms with Crippen LogP contribution in [0.15, 0.2) is 30.5 Å². The number of pyridine rings is 1. The molecule has 2 aromatic rings. The lowest BCUT2D eigenvalue weighted by Crippen LogP contribution is -2.49. The predicted octanol–water partition coefficient (Wildman–Crippen LogP) is 3.24. The molecule has 0 radical (unpaired) electrons. The molecule has 0 spiro atoms. The number of rotatable bonds is 3. The SMILES string of the molecule is Cc1cnc(N2CCN(C(=O)c3ccc(Cl)cc3N3CCCCS3(=O)=O)CC2)c(C)c1. The van der Waals surface area contributed by atoms with Crippen LogP contribution in [0, 0.1) is 13.8 Å². The van der Waals surface area contributed by atoms with Gasteiger partial charge in [0.2, 0.25) is 10.0 Å². The lowest BCUT2D eigenvalue weighted by molar-refractivity contribution is 0.0747. The molecule has 31 heavy (non-hydrogen) atoms. The third-order valence-corrected chi connectivity index (χ3v) is 7.95. The van der Waals surface area contributed by atoms with E-state index in [9.17, 15) is 13.2 Å². The van der Waals surface area contributed by atoms with Gasteiger partial charge in [-0.3, -0.25) is 9.10 Å². The molecule has 2 fully saturated rings. The van der Waals surface area contributed by atoms with Gasteiger partial charge in [0.1, 0.15) is 5.82 Å². The largest absolute Gasteiger partial charge is 0.353 e. The highest BCUT2D eigenvalue weighted by atomic mass is 35.5. The highest BCUT2D eigenvalue weighted by molar-refractivity contribution is 7.92. The van der Waals surface area contributed by atoms with E-state index in [2.05, 4.69) is 16.0 Å². The van der Waals surface area contributed by atoms with E-state index in [1.807, 2.05) is 20.0 Å². The molecule has 7 nitrogen and oxygen atoms in total. The normalized spacial score (nSPS) is 18.9. The van der Waals surface area contributed by atoms with Crippen LogP contribution < -0.4 is 9.21 Å². The molecule has 1 aromatic heterocycles. The average molecular weight is 463 g/mol. The zero-order valence-corrected chi connectivity index (χ0v) is 19.4. The zero-order valence-electron chi connectivity index (χ0n) is 17.8. The molecule has 4 rings (SSSR count). The molecule has 3 heterocycles. The summed E-state index contributed by atoms with van der Waals surface area (Å²) in [6.07, 6.45) is 3.26. The zero-order chi connectivity index (χ0) is 22.2. The monoisotopic (exact) mass is 462 g/mol. The number of carbonyl (C=O) groups is 1. The van der Waals surface area contributed by atoms with Crippen LogP contribution in [0.1, 0.15) is 34.3 Å². The Balaban J connectivity index is 1.54. The van der Waals surface area contributed by atoms with Crippen molar-refractivity contribution in [3.8, 4) is 0 Å². The van der Waals surface area contributed by atoms with Crippen molar-refractivity contribution in [3.63, 3.8) is 0 Å². The molecule has 2 aliphatic rings. The van der Waals surface area contributed by atoms with Crippen LogP contribution in [0.4, 0.5) is 11.5 Å². The standard InChI is InChI=1S/C22H27ClN4O3S/c1-16-13-17(2)21(24-15-16)25-8-10-26(11-9-25)22(28)19-6-5-18(23)14-20(19)27-7-3-4-12-31(27,29)30/h5-6,13-15H,3-4,7-12H2,1-2H3. The number of amides is 1. The van der Waals surface area contributed by atoms with Crippen molar-refractivity contribution in [2.24, 2.45) is 0 Å². The summed E-state index contributed by atoms with van der Waals surface area (Å²) in [5.41, 5.74) is 3.01. The van der Waals surface area contributed by atoms with E-state index in [0.717, 1.165) is 23.4 Å². The average Bonchev–Trinajstić information content (AvgIpc) is 2.73. The maximum absolute atomic E-state index is 13.4. The van der Waals surface area contributed by atoms with Crippen molar-refractivity contribution >= 4 is 39.0 Å². The van der Waals surface area contributed by atoms with E-state index in [1.54, 1.807) is 23.1 Å². The summed E-state index contributed by atoms with van der Waals surface area (Å²) >= 11 is 6.17. The third-order valence-electron chi connectivity index (χ3n) is 5.86. The van der Waals surface area contributed by atoms with Gasteiger partial charge in [-0.15, -0.1) is 0 Å². The van der Waals surface area contributed by atoms with Crippen molar-refractivity contribution in [2.45, 2.75) is 26.7 Å². The number of aryl methyl sites for hydroxylation is 2. The van der Waals surface area contributed by atoms with Crippen molar-refractivity contribution in [2.75, 3.05) is 47.7 Å². The van der Waals surface area contributed by atoms with Gasteiger partial charge in [-0.25, -0.2) is 13.4 Å². The molecule has 0 N–H and O–H groups in total. The van der Waals surface area contributed by atoms with Gasteiger partial charge in [-0.1, -0.05) is 17.7 Å². The van der Waals surface area contributed by atoms with Gasteiger partial charge in [-0.2, -0.15) is 0 Å². The van der Waals surface area contributed by atoms with E-state index in [-0.39, 0.29) is 11.7 Å². The highest BCUT2D eigenvalue weighted by Crippen LogP contribution is 2.31. The molecule has 1 amide bonds. The van der Waals surface area contributed by atoms with Crippen LogP contribution >= 0.6 is 11.6 Å². The Morgan fingerprint density at radius 3 is 2.45 bits per heavy atom. The van der Waals surface area contributed by atoms with E-state index >= 15 is 0 Å². The van der Waals surface area contributed by atoms with Crippen LogP contribution in [0.25, 0.3) is 0 Å². The van der Waals surface area contributed by atoms with Gasteiger partial charge < -0.3 is 9.80 Å². The number of hydrogen-bond donors (Lipinski definition) is 0. The summed E-state index contributed by atoms with van der Waals surface area (Å²) in [5, 5.41) is 0.415. The Hall–Kier alpha value is -2.32. The summed E-state index contributed by atoms with van der Waals surface area (Å²) in [6.45, 7) is 6.88. The summed E-state index contributed by atoms with van der Waals surface area (Å²) in [6, 6.07) is 6.99. The summed E-state index contributed by atoms with van der Waals surface area (Å²) in [5.74, 6) is 0.874. The van der Waals surface area contributed by atoms with Crippen molar-refractivity contribution in [1.29, 1.82) is 0 Å². The summed E-state index contributed by atoms with van der Waals surface area (Å²) < 4.78 is 26.6. The minimum Gasteiger partial charge on any atom is -0.353 e. The molecule has 0 aliphatic carbocycles. The van der Waals surface area contributed by atoms with Gasteiger partial charge in [-0.05, 0) is 56.0 Å². The number of aromatic nitrogens is 1. The third kappa shape index (κ3) is 4.50. The molecule has 0 bridgehead atoms. The second-order valence-corrected chi connectivity index (χ2v) is 10.6. The Morgan fingerprint density at radius 1 is 1.03 bits per heavy atom. The topological polar surface area (TPSA) is 73.8 Å². The number of halogens is 1. The fourth-order valence-electron chi connectivity index (χ4n) is 4.28. The lowest BCUT2D eigenvalue weighted by Gasteiger charge is -2.37. The predicted molar refractivity (Wildman–Crippen MR) is 124 cm³/mol. The summed E-state index contributed by atoms with van der Waals surface area (Å²) in [7, 11) is -3.45. The van der Waals surface area contributed by atoms with Gasteiger partial charge >= 0.3 is 0 Å². The number of sulfonamides is 1. The van der Waals surface area contributed by atoms with Gasteiger partial charge in [0.05, 0.1) is 17.0 Å². The molecule has 2 aliphatic heterocycles. The number of anilines is 2. The number of benzene rings is 1. The molecule has 1 aromatic carbocycles.